The van der Waals surface area contributed by atoms with Crippen molar-refractivity contribution in [3.63, 3.8) is 0 Å². The molecule has 3 atom stereocenters. The highest BCUT2D eigenvalue weighted by atomic mass is 16.6. The molecular formula is C6H13NO3. The zero-order chi connectivity index (χ0) is 7.56. The number of hydrogen-bond donors (Lipinski definition) is 3. The van der Waals surface area contributed by atoms with Crippen LogP contribution in [-0.4, -0.2) is 35.3 Å². The van der Waals surface area contributed by atoms with Crippen molar-refractivity contribution >= 4 is 0 Å². The normalized spacial score (nSPS) is 41.7. The summed E-state index contributed by atoms with van der Waals surface area (Å²) in [4.78, 5) is 0. The van der Waals surface area contributed by atoms with Crippen LogP contribution in [0.15, 0.2) is 0 Å². The van der Waals surface area contributed by atoms with Crippen LogP contribution < -0.4 is 5.73 Å². The van der Waals surface area contributed by atoms with E-state index in [1.54, 1.807) is 0 Å². The first-order chi connectivity index (χ1) is 4.74. The van der Waals surface area contributed by atoms with Crippen LogP contribution in [0.1, 0.15) is 12.8 Å². The van der Waals surface area contributed by atoms with Gasteiger partial charge in [0.2, 0.25) is 0 Å². The molecule has 0 aromatic carbocycles. The molecule has 1 fully saturated rings. The summed E-state index contributed by atoms with van der Waals surface area (Å²) >= 11 is 0. The molecule has 0 aliphatic carbocycles. The Morgan fingerprint density at radius 2 is 2.10 bits per heavy atom. The molecular weight excluding hydrogens is 134 g/mol. The number of rotatable bonds is 1. The fraction of sp³-hybridized carbons (Fsp3) is 1.00. The number of nitrogens with two attached hydrogens (primary N) is 1. The number of ether oxygens (including phenoxy) is 1. The Kier molecular flexibility index (Phi) is 2.62. The van der Waals surface area contributed by atoms with Gasteiger partial charge in [-0.05, 0) is 6.42 Å². The molecule has 1 aliphatic rings. The van der Waals surface area contributed by atoms with Gasteiger partial charge >= 0.3 is 0 Å². The van der Waals surface area contributed by atoms with Gasteiger partial charge in [-0.3, -0.25) is 0 Å². The third-order valence-electron chi connectivity index (χ3n) is 1.70. The summed E-state index contributed by atoms with van der Waals surface area (Å²) in [5.74, 6) is 0. The topological polar surface area (TPSA) is 75.7 Å². The largest absolute Gasteiger partial charge is 0.390 e. The second-order valence-electron chi connectivity index (χ2n) is 2.51. The van der Waals surface area contributed by atoms with E-state index in [0.717, 1.165) is 0 Å². The summed E-state index contributed by atoms with van der Waals surface area (Å²) in [6.45, 7) is 0.262. The van der Waals surface area contributed by atoms with Crippen LogP contribution in [0.25, 0.3) is 0 Å². The van der Waals surface area contributed by atoms with Gasteiger partial charge in [0.1, 0.15) is 0 Å². The van der Waals surface area contributed by atoms with Gasteiger partial charge in [0.25, 0.3) is 0 Å². The lowest BCUT2D eigenvalue weighted by Gasteiger charge is -2.30. The maximum atomic E-state index is 9.17. The average Bonchev–Trinajstić information content (AvgIpc) is 1.94. The van der Waals surface area contributed by atoms with Gasteiger partial charge in [0, 0.05) is 13.0 Å². The minimum atomic E-state index is -0.739. The van der Waals surface area contributed by atoms with E-state index in [4.69, 9.17) is 15.6 Å². The SMILES string of the molecule is NC[C@H]1O[C@@H](O)CC[C@@H]1O. The van der Waals surface area contributed by atoms with E-state index < -0.39 is 12.4 Å². The first-order valence-electron chi connectivity index (χ1n) is 3.45. The Balaban J connectivity index is 2.38. The molecule has 0 saturated carbocycles. The van der Waals surface area contributed by atoms with Crippen LogP contribution in [0.5, 0.6) is 0 Å². The van der Waals surface area contributed by atoms with E-state index in [-0.39, 0.29) is 12.6 Å². The van der Waals surface area contributed by atoms with Crippen molar-refractivity contribution in [2.75, 3.05) is 6.54 Å². The average molecular weight is 147 g/mol. The Morgan fingerprint density at radius 1 is 1.40 bits per heavy atom. The highest BCUT2D eigenvalue weighted by Crippen LogP contribution is 2.16. The van der Waals surface area contributed by atoms with Crippen LogP contribution in [0.3, 0.4) is 0 Å². The minimum absolute atomic E-state index is 0.262. The molecule has 10 heavy (non-hydrogen) atoms. The molecule has 0 aromatic rings. The lowest BCUT2D eigenvalue weighted by Crippen LogP contribution is -2.43. The fourth-order valence-corrected chi connectivity index (χ4v) is 1.07. The second kappa shape index (κ2) is 3.30. The molecule has 0 aromatic heterocycles. The smallest absolute Gasteiger partial charge is 0.155 e. The van der Waals surface area contributed by atoms with E-state index >= 15 is 0 Å². The molecule has 1 aliphatic heterocycles. The predicted molar refractivity (Wildman–Crippen MR) is 35.2 cm³/mol. The van der Waals surface area contributed by atoms with Gasteiger partial charge in [-0.1, -0.05) is 0 Å². The van der Waals surface area contributed by atoms with Crippen LogP contribution in [0.2, 0.25) is 0 Å². The molecule has 60 valence electrons. The Labute approximate surface area is 59.6 Å². The lowest BCUT2D eigenvalue weighted by atomic mass is 10.1. The summed E-state index contributed by atoms with van der Waals surface area (Å²) in [5.41, 5.74) is 5.26. The third-order valence-corrected chi connectivity index (χ3v) is 1.70. The zero-order valence-corrected chi connectivity index (χ0v) is 5.73. The Hall–Kier alpha value is -0.160. The summed E-state index contributed by atoms with van der Waals surface area (Å²) in [5, 5.41) is 18.1. The highest BCUT2D eigenvalue weighted by Gasteiger charge is 2.27. The first-order valence-corrected chi connectivity index (χ1v) is 3.45. The van der Waals surface area contributed by atoms with Crippen LogP contribution in [0.4, 0.5) is 0 Å². The van der Waals surface area contributed by atoms with Gasteiger partial charge in [-0.15, -0.1) is 0 Å². The third kappa shape index (κ3) is 1.67. The molecule has 4 nitrogen and oxygen atoms in total. The summed E-state index contributed by atoms with van der Waals surface area (Å²) < 4.78 is 4.93. The molecule has 0 bridgehead atoms. The van der Waals surface area contributed by atoms with E-state index in [2.05, 4.69) is 0 Å². The van der Waals surface area contributed by atoms with Crippen LogP contribution >= 0.6 is 0 Å². The summed E-state index contributed by atoms with van der Waals surface area (Å²) in [6, 6.07) is 0. The Morgan fingerprint density at radius 3 is 2.60 bits per heavy atom. The van der Waals surface area contributed by atoms with Crippen molar-refractivity contribution in [1.82, 2.24) is 0 Å². The molecule has 0 radical (unpaired) electrons. The van der Waals surface area contributed by atoms with Crippen molar-refractivity contribution in [3.8, 4) is 0 Å². The van der Waals surface area contributed by atoms with Crippen molar-refractivity contribution in [3.05, 3.63) is 0 Å². The molecule has 1 rings (SSSR count). The highest BCUT2D eigenvalue weighted by molar-refractivity contribution is 4.75. The molecule has 0 amide bonds. The molecule has 1 saturated heterocycles. The molecule has 4 heteroatoms. The number of aliphatic hydroxyl groups excluding tert-OH is 2. The van der Waals surface area contributed by atoms with E-state index in [1.807, 2.05) is 0 Å². The van der Waals surface area contributed by atoms with Gasteiger partial charge in [-0.25, -0.2) is 0 Å². The Bertz CT molecular complexity index is 109. The molecule has 0 unspecified atom stereocenters. The summed E-state index contributed by atoms with van der Waals surface area (Å²) in [7, 11) is 0. The van der Waals surface area contributed by atoms with Gasteiger partial charge in [0.15, 0.2) is 6.29 Å². The standard InChI is InChI=1S/C6H13NO3/c7-3-5-4(8)1-2-6(9)10-5/h4-6,8-9H,1-3,7H2/t4-,5+,6+/m0/s1. The van der Waals surface area contributed by atoms with Crippen LogP contribution in [0, 0.1) is 0 Å². The van der Waals surface area contributed by atoms with Gasteiger partial charge in [0.05, 0.1) is 12.2 Å². The fourth-order valence-electron chi connectivity index (χ4n) is 1.07. The van der Waals surface area contributed by atoms with Gasteiger partial charge in [-0.2, -0.15) is 0 Å². The minimum Gasteiger partial charge on any atom is -0.390 e. The number of aliphatic hydroxyl groups is 2. The maximum Gasteiger partial charge on any atom is 0.155 e. The molecule has 0 spiro atoms. The van der Waals surface area contributed by atoms with Crippen molar-refractivity contribution < 1.29 is 14.9 Å². The zero-order valence-electron chi connectivity index (χ0n) is 5.73. The van der Waals surface area contributed by atoms with Crippen molar-refractivity contribution in [2.45, 2.75) is 31.3 Å². The quantitative estimate of drug-likeness (QED) is 0.435. The lowest BCUT2D eigenvalue weighted by molar-refractivity contribution is -0.194. The van der Waals surface area contributed by atoms with E-state index in [1.165, 1.54) is 0 Å². The predicted octanol–water partition coefficient (Wildman–Crippen LogP) is -1.20. The van der Waals surface area contributed by atoms with E-state index in [0.29, 0.717) is 12.8 Å². The number of hydrogen-bond acceptors (Lipinski definition) is 4. The maximum absolute atomic E-state index is 9.17. The molecule has 4 N–H and O–H groups in total. The first kappa shape index (κ1) is 7.94. The summed E-state index contributed by atoms with van der Waals surface area (Å²) in [6.07, 6.45) is -0.560. The molecule has 1 heterocycles. The second-order valence-corrected chi connectivity index (χ2v) is 2.51. The van der Waals surface area contributed by atoms with E-state index in [9.17, 15) is 5.11 Å². The van der Waals surface area contributed by atoms with Crippen molar-refractivity contribution in [2.24, 2.45) is 5.73 Å². The van der Waals surface area contributed by atoms with Gasteiger partial charge < -0.3 is 20.7 Å². The van der Waals surface area contributed by atoms with Crippen LogP contribution in [-0.2, 0) is 4.74 Å². The van der Waals surface area contributed by atoms with Crippen molar-refractivity contribution in [1.29, 1.82) is 0 Å². The monoisotopic (exact) mass is 147 g/mol.